The molecule has 0 aromatic heterocycles. The topological polar surface area (TPSA) is 83.8 Å². The van der Waals surface area contributed by atoms with E-state index in [1.165, 1.54) is 12.1 Å². The van der Waals surface area contributed by atoms with Gasteiger partial charge in [0.25, 0.3) is 0 Å². The molecule has 2 atom stereocenters. The van der Waals surface area contributed by atoms with Crippen molar-refractivity contribution in [3.05, 3.63) is 53.6 Å². The molecule has 1 aromatic rings. The van der Waals surface area contributed by atoms with Crippen molar-refractivity contribution in [2.24, 2.45) is 0 Å². The van der Waals surface area contributed by atoms with Crippen molar-refractivity contribution in [1.29, 1.82) is 0 Å². The van der Waals surface area contributed by atoms with Crippen LogP contribution in [0.1, 0.15) is 35.7 Å². The molecule has 1 heterocycles. The number of benzene rings is 1. The first-order valence-corrected chi connectivity index (χ1v) is 7.53. The van der Waals surface area contributed by atoms with Crippen LogP contribution in [-0.4, -0.2) is 34.2 Å². The molecule has 0 fully saturated rings. The summed E-state index contributed by atoms with van der Waals surface area (Å²) < 4.78 is 5.31. The SMILES string of the molecule is C[C@@H]1C/C=C\[C@@H](O)C/C=C\C(=O)Cc2cccc(O)c2C(=O)O1. The summed E-state index contributed by atoms with van der Waals surface area (Å²) in [6, 6.07) is 4.59. The first-order valence-electron chi connectivity index (χ1n) is 7.53. The van der Waals surface area contributed by atoms with Crippen LogP contribution >= 0.6 is 0 Å². The number of allylic oxidation sites excluding steroid dienone is 1. The number of rotatable bonds is 0. The molecule has 0 radical (unpaired) electrons. The number of phenols is 1. The molecule has 0 saturated carbocycles. The molecule has 1 aromatic carbocycles. The van der Waals surface area contributed by atoms with Crippen molar-refractivity contribution >= 4 is 11.8 Å². The molecular weight excluding hydrogens is 296 g/mol. The van der Waals surface area contributed by atoms with Crippen LogP contribution in [0.15, 0.2) is 42.5 Å². The fourth-order valence-corrected chi connectivity index (χ4v) is 2.35. The summed E-state index contributed by atoms with van der Waals surface area (Å²) in [5.74, 6) is -1.08. The molecule has 23 heavy (non-hydrogen) atoms. The lowest BCUT2D eigenvalue weighted by molar-refractivity contribution is -0.114. The average Bonchev–Trinajstić information content (AvgIpc) is 2.46. The van der Waals surface area contributed by atoms with E-state index in [0.29, 0.717) is 18.4 Å². The molecule has 122 valence electrons. The van der Waals surface area contributed by atoms with Crippen molar-refractivity contribution < 1.29 is 24.5 Å². The molecule has 0 spiro atoms. The third-order valence-corrected chi connectivity index (χ3v) is 3.51. The van der Waals surface area contributed by atoms with Crippen LogP contribution in [0.4, 0.5) is 0 Å². The summed E-state index contributed by atoms with van der Waals surface area (Å²) in [5, 5.41) is 19.7. The van der Waals surface area contributed by atoms with Gasteiger partial charge in [0.15, 0.2) is 5.78 Å². The number of ketones is 1. The Morgan fingerprint density at radius 2 is 1.96 bits per heavy atom. The summed E-state index contributed by atoms with van der Waals surface area (Å²) in [6.45, 7) is 1.73. The van der Waals surface area contributed by atoms with E-state index in [0.717, 1.165) is 0 Å². The second-order valence-corrected chi connectivity index (χ2v) is 5.54. The van der Waals surface area contributed by atoms with E-state index >= 15 is 0 Å². The van der Waals surface area contributed by atoms with Crippen LogP contribution in [-0.2, 0) is 16.0 Å². The van der Waals surface area contributed by atoms with Gasteiger partial charge in [-0.25, -0.2) is 4.79 Å². The highest BCUT2D eigenvalue weighted by atomic mass is 16.5. The van der Waals surface area contributed by atoms with Gasteiger partial charge in [0.05, 0.1) is 6.10 Å². The molecule has 0 unspecified atom stereocenters. The van der Waals surface area contributed by atoms with E-state index in [1.807, 2.05) is 0 Å². The van der Waals surface area contributed by atoms with Gasteiger partial charge in [-0.15, -0.1) is 0 Å². The lowest BCUT2D eigenvalue weighted by Gasteiger charge is -2.15. The van der Waals surface area contributed by atoms with Crippen LogP contribution in [0.5, 0.6) is 5.75 Å². The number of aliphatic hydroxyl groups is 1. The number of carbonyl (C=O) groups is 2. The Bertz CT molecular complexity index is 645. The zero-order valence-corrected chi connectivity index (χ0v) is 12.9. The van der Waals surface area contributed by atoms with Crippen molar-refractivity contribution in [3.63, 3.8) is 0 Å². The standard InChI is InChI=1S/C18H20O5/c1-12-5-2-7-14(19)8-4-9-15(20)11-13-6-3-10-16(21)17(13)18(22)23-12/h2-4,6-7,9-10,12,14,19,21H,5,8,11H2,1H3/b7-2-,9-4-/t12-,14-/m1/s1. The maximum absolute atomic E-state index is 12.3. The first-order chi connectivity index (χ1) is 11.0. The van der Waals surface area contributed by atoms with E-state index in [-0.39, 0.29) is 23.5 Å². The third kappa shape index (κ3) is 4.79. The Balaban J connectivity index is 2.35. The number of ether oxygens (including phenoxy) is 1. The molecule has 2 rings (SSSR count). The highest BCUT2D eigenvalue weighted by molar-refractivity contribution is 5.98. The zero-order chi connectivity index (χ0) is 16.8. The minimum absolute atomic E-state index is 0.0182. The zero-order valence-electron chi connectivity index (χ0n) is 12.9. The molecule has 5 heteroatoms. The molecule has 0 bridgehead atoms. The minimum Gasteiger partial charge on any atom is -0.507 e. The van der Waals surface area contributed by atoms with Crippen LogP contribution < -0.4 is 0 Å². The number of carbonyl (C=O) groups excluding carboxylic acids is 2. The van der Waals surface area contributed by atoms with E-state index in [9.17, 15) is 19.8 Å². The fraction of sp³-hybridized carbons (Fsp3) is 0.333. The van der Waals surface area contributed by atoms with Crippen LogP contribution in [0, 0.1) is 0 Å². The Labute approximate surface area is 134 Å². The summed E-state index contributed by atoms with van der Waals surface area (Å²) in [7, 11) is 0. The highest BCUT2D eigenvalue weighted by Crippen LogP contribution is 2.24. The van der Waals surface area contributed by atoms with Gasteiger partial charge in [-0.05, 0) is 31.1 Å². The van der Waals surface area contributed by atoms with Crippen molar-refractivity contribution in [2.45, 2.75) is 38.4 Å². The Morgan fingerprint density at radius 1 is 1.17 bits per heavy atom. The molecule has 0 aliphatic carbocycles. The number of phenolic OH excluding ortho intramolecular Hbond substituents is 1. The van der Waals surface area contributed by atoms with Gasteiger partial charge in [0.2, 0.25) is 0 Å². The van der Waals surface area contributed by atoms with Gasteiger partial charge < -0.3 is 14.9 Å². The fourth-order valence-electron chi connectivity index (χ4n) is 2.35. The summed E-state index contributed by atoms with van der Waals surface area (Å²) in [5.41, 5.74) is 0.451. The number of esters is 1. The molecule has 5 nitrogen and oxygen atoms in total. The normalized spacial score (nSPS) is 25.8. The summed E-state index contributed by atoms with van der Waals surface area (Å²) >= 11 is 0. The number of hydrogen-bond acceptors (Lipinski definition) is 5. The lowest BCUT2D eigenvalue weighted by atomic mass is 10.0. The number of fused-ring (bicyclic) bond motifs is 1. The maximum atomic E-state index is 12.3. The molecule has 0 saturated heterocycles. The second kappa shape index (κ2) is 7.74. The smallest absolute Gasteiger partial charge is 0.342 e. The number of cyclic esters (lactones) is 1. The van der Waals surface area contributed by atoms with E-state index in [1.54, 1.807) is 37.3 Å². The quantitative estimate of drug-likeness (QED) is 0.567. The van der Waals surface area contributed by atoms with Gasteiger partial charge in [0, 0.05) is 12.8 Å². The van der Waals surface area contributed by atoms with Gasteiger partial charge in [-0.3, -0.25) is 4.79 Å². The molecule has 0 amide bonds. The van der Waals surface area contributed by atoms with E-state index < -0.39 is 18.2 Å². The Morgan fingerprint density at radius 3 is 2.74 bits per heavy atom. The van der Waals surface area contributed by atoms with Gasteiger partial charge >= 0.3 is 5.97 Å². The number of aromatic hydroxyl groups is 1. The van der Waals surface area contributed by atoms with Gasteiger partial charge in [0.1, 0.15) is 17.4 Å². The predicted molar refractivity (Wildman–Crippen MR) is 85.2 cm³/mol. The first kappa shape index (κ1) is 17.0. The molecule has 2 N–H and O–H groups in total. The monoisotopic (exact) mass is 316 g/mol. The van der Waals surface area contributed by atoms with E-state index in [4.69, 9.17) is 4.74 Å². The lowest BCUT2D eigenvalue weighted by Crippen LogP contribution is -2.17. The van der Waals surface area contributed by atoms with Crippen molar-refractivity contribution in [2.75, 3.05) is 0 Å². The van der Waals surface area contributed by atoms with Gasteiger partial charge in [-0.1, -0.05) is 30.4 Å². The van der Waals surface area contributed by atoms with Crippen LogP contribution in [0.25, 0.3) is 0 Å². The maximum Gasteiger partial charge on any atom is 0.342 e. The minimum atomic E-state index is -0.679. The Hall–Kier alpha value is -2.40. The molecular formula is C18H20O5. The number of aliphatic hydroxyl groups excluding tert-OH is 1. The van der Waals surface area contributed by atoms with Crippen molar-refractivity contribution in [1.82, 2.24) is 0 Å². The average molecular weight is 316 g/mol. The highest BCUT2D eigenvalue weighted by Gasteiger charge is 2.20. The molecule has 1 aliphatic heterocycles. The Kier molecular flexibility index (Phi) is 5.71. The summed E-state index contributed by atoms with van der Waals surface area (Å²) in [6.07, 6.45) is 6.01. The second-order valence-electron chi connectivity index (χ2n) is 5.54. The van der Waals surface area contributed by atoms with E-state index in [2.05, 4.69) is 0 Å². The third-order valence-electron chi connectivity index (χ3n) is 3.51. The van der Waals surface area contributed by atoms with Crippen LogP contribution in [0.3, 0.4) is 0 Å². The largest absolute Gasteiger partial charge is 0.507 e. The molecule has 1 aliphatic rings. The van der Waals surface area contributed by atoms with Gasteiger partial charge in [-0.2, -0.15) is 0 Å². The van der Waals surface area contributed by atoms with Crippen LogP contribution in [0.2, 0.25) is 0 Å². The number of hydrogen-bond donors (Lipinski definition) is 2. The summed E-state index contributed by atoms with van der Waals surface area (Å²) in [4.78, 5) is 24.3. The van der Waals surface area contributed by atoms with Crippen molar-refractivity contribution in [3.8, 4) is 5.75 Å². The predicted octanol–water partition coefficient (Wildman–Crippen LogP) is 2.32.